The van der Waals surface area contributed by atoms with Crippen LogP contribution in [0, 0.1) is 22.7 Å². The van der Waals surface area contributed by atoms with Gasteiger partial charge in [-0.15, -0.1) is 0 Å². The fraction of sp³-hybridized carbons (Fsp3) is 0.0556. The maximum Gasteiger partial charge on any atom is 0.263 e. The van der Waals surface area contributed by atoms with Crippen LogP contribution in [0.15, 0.2) is 60.3 Å². The lowest BCUT2D eigenvalue weighted by molar-refractivity contribution is -0.117. The molecule has 6 heteroatoms. The number of halogens is 1. The SMILES string of the molecule is N#C/C(=C/Nc1ccccc1C#N)C(=O)NCc1ccc(Cl)cc1. The average Bonchev–Trinajstić information content (AvgIpc) is 2.62. The average molecular weight is 337 g/mol. The van der Waals surface area contributed by atoms with Crippen LogP contribution >= 0.6 is 11.6 Å². The van der Waals surface area contributed by atoms with E-state index in [0.29, 0.717) is 16.3 Å². The van der Waals surface area contributed by atoms with Crippen molar-refractivity contribution in [2.45, 2.75) is 6.54 Å². The van der Waals surface area contributed by atoms with Gasteiger partial charge in [0, 0.05) is 17.8 Å². The number of nitrogens with one attached hydrogen (secondary N) is 2. The van der Waals surface area contributed by atoms with Crippen molar-refractivity contribution in [1.29, 1.82) is 10.5 Å². The third-order valence-electron chi connectivity index (χ3n) is 3.15. The van der Waals surface area contributed by atoms with Gasteiger partial charge >= 0.3 is 0 Å². The van der Waals surface area contributed by atoms with Crippen molar-refractivity contribution < 1.29 is 4.79 Å². The Morgan fingerprint density at radius 1 is 1.12 bits per heavy atom. The predicted molar refractivity (Wildman–Crippen MR) is 91.8 cm³/mol. The molecule has 0 aromatic heterocycles. The molecule has 0 saturated heterocycles. The van der Waals surface area contributed by atoms with Crippen LogP contribution in [-0.4, -0.2) is 5.91 Å². The monoisotopic (exact) mass is 336 g/mol. The maximum absolute atomic E-state index is 12.1. The second-order valence-corrected chi connectivity index (χ2v) is 5.22. The Labute approximate surface area is 144 Å². The number of nitrogens with zero attached hydrogens (tertiary/aromatic N) is 2. The molecule has 0 aliphatic carbocycles. The van der Waals surface area contributed by atoms with E-state index in [-0.39, 0.29) is 12.1 Å². The molecule has 2 rings (SSSR count). The van der Waals surface area contributed by atoms with E-state index in [2.05, 4.69) is 10.6 Å². The van der Waals surface area contributed by atoms with Crippen LogP contribution in [0.1, 0.15) is 11.1 Å². The highest BCUT2D eigenvalue weighted by Gasteiger charge is 2.09. The van der Waals surface area contributed by atoms with E-state index < -0.39 is 5.91 Å². The zero-order valence-electron chi connectivity index (χ0n) is 12.6. The molecule has 2 aromatic carbocycles. The number of carbonyl (C=O) groups excluding carboxylic acids is 1. The molecular weight excluding hydrogens is 324 g/mol. The van der Waals surface area contributed by atoms with E-state index in [4.69, 9.17) is 22.1 Å². The lowest BCUT2D eigenvalue weighted by atomic mass is 10.2. The van der Waals surface area contributed by atoms with Crippen molar-refractivity contribution >= 4 is 23.2 Å². The molecule has 2 N–H and O–H groups in total. The largest absolute Gasteiger partial charge is 0.359 e. The van der Waals surface area contributed by atoms with Crippen molar-refractivity contribution in [2.75, 3.05) is 5.32 Å². The highest BCUT2D eigenvalue weighted by atomic mass is 35.5. The molecule has 1 amide bonds. The number of anilines is 1. The quantitative estimate of drug-likeness (QED) is 0.647. The summed E-state index contributed by atoms with van der Waals surface area (Å²) in [6.45, 7) is 0.282. The summed E-state index contributed by atoms with van der Waals surface area (Å²) in [4.78, 5) is 12.1. The predicted octanol–water partition coefficient (Wildman–Crippen LogP) is 3.35. The summed E-state index contributed by atoms with van der Waals surface area (Å²) in [6, 6.07) is 17.7. The topological polar surface area (TPSA) is 88.7 Å². The van der Waals surface area contributed by atoms with E-state index in [1.807, 2.05) is 12.1 Å². The fourth-order valence-electron chi connectivity index (χ4n) is 1.88. The summed E-state index contributed by atoms with van der Waals surface area (Å²) < 4.78 is 0. The minimum Gasteiger partial charge on any atom is -0.359 e. The first kappa shape index (κ1) is 17.1. The van der Waals surface area contributed by atoms with Gasteiger partial charge in [0.1, 0.15) is 17.7 Å². The normalized spacial score (nSPS) is 10.4. The molecule has 0 aliphatic rings. The van der Waals surface area contributed by atoms with E-state index in [9.17, 15) is 4.79 Å². The zero-order chi connectivity index (χ0) is 17.4. The number of nitriles is 2. The molecule has 0 heterocycles. The molecular formula is C18H13ClN4O. The lowest BCUT2D eigenvalue weighted by Crippen LogP contribution is -2.24. The molecule has 0 aliphatic heterocycles. The third-order valence-corrected chi connectivity index (χ3v) is 3.40. The van der Waals surface area contributed by atoms with Crippen LogP contribution in [0.5, 0.6) is 0 Å². The summed E-state index contributed by atoms with van der Waals surface area (Å²) in [5, 5.41) is 24.2. The number of rotatable bonds is 5. The highest BCUT2D eigenvalue weighted by molar-refractivity contribution is 6.30. The molecule has 2 aromatic rings. The standard InChI is InChI=1S/C18H13ClN4O/c19-16-7-5-13(6-8-16)11-23-18(24)15(10-21)12-22-17-4-2-1-3-14(17)9-20/h1-8,12,22H,11H2,(H,23,24)/b15-12-. The molecule has 0 spiro atoms. The second-order valence-electron chi connectivity index (χ2n) is 4.78. The smallest absolute Gasteiger partial charge is 0.263 e. The van der Waals surface area contributed by atoms with Gasteiger partial charge in [0.2, 0.25) is 0 Å². The van der Waals surface area contributed by atoms with Crippen molar-refractivity contribution in [3.63, 3.8) is 0 Å². The number of carbonyl (C=O) groups is 1. The van der Waals surface area contributed by atoms with E-state index in [0.717, 1.165) is 5.56 Å². The molecule has 24 heavy (non-hydrogen) atoms. The van der Waals surface area contributed by atoms with Gasteiger partial charge in [0.15, 0.2) is 0 Å². The molecule has 0 radical (unpaired) electrons. The van der Waals surface area contributed by atoms with Crippen LogP contribution in [0.2, 0.25) is 5.02 Å². The van der Waals surface area contributed by atoms with Crippen LogP contribution in [0.4, 0.5) is 5.69 Å². The second kappa shape index (κ2) is 8.38. The van der Waals surface area contributed by atoms with Crippen molar-refractivity contribution in [1.82, 2.24) is 5.32 Å². The number of amides is 1. The molecule has 5 nitrogen and oxygen atoms in total. The van der Waals surface area contributed by atoms with E-state index in [1.54, 1.807) is 48.5 Å². The number of para-hydroxylation sites is 1. The van der Waals surface area contributed by atoms with E-state index >= 15 is 0 Å². The molecule has 0 unspecified atom stereocenters. The Bertz CT molecular complexity index is 845. The summed E-state index contributed by atoms with van der Waals surface area (Å²) in [5.41, 5.74) is 1.73. The Hall–Kier alpha value is -3.28. The fourth-order valence-corrected chi connectivity index (χ4v) is 2.01. The van der Waals surface area contributed by atoms with Crippen molar-refractivity contribution in [3.8, 4) is 12.1 Å². The summed E-state index contributed by atoms with van der Waals surface area (Å²) in [7, 11) is 0. The van der Waals surface area contributed by atoms with Gasteiger partial charge in [0.25, 0.3) is 5.91 Å². The van der Waals surface area contributed by atoms with Crippen LogP contribution in [0.25, 0.3) is 0 Å². The first-order valence-corrected chi connectivity index (χ1v) is 7.40. The van der Waals surface area contributed by atoms with Gasteiger partial charge in [-0.3, -0.25) is 4.79 Å². The van der Waals surface area contributed by atoms with Gasteiger partial charge in [-0.05, 0) is 29.8 Å². The molecule has 118 valence electrons. The van der Waals surface area contributed by atoms with Crippen LogP contribution in [-0.2, 0) is 11.3 Å². The van der Waals surface area contributed by atoms with Crippen LogP contribution < -0.4 is 10.6 Å². The number of hydrogen-bond acceptors (Lipinski definition) is 4. The Kier molecular flexibility index (Phi) is 5.96. The third kappa shape index (κ3) is 4.61. The summed E-state index contributed by atoms with van der Waals surface area (Å²) in [6.07, 6.45) is 1.29. The van der Waals surface area contributed by atoms with Gasteiger partial charge in [-0.1, -0.05) is 35.9 Å². The first-order valence-electron chi connectivity index (χ1n) is 7.02. The number of benzene rings is 2. The molecule has 0 atom stereocenters. The van der Waals surface area contributed by atoms with Gasteiger partial charge < -0.3 is 10.6 Å². The van der Waals surface area contributed by atoms with Gasteiger partial charge in [-0.25, -0.2) is 0 Å². The Morgan fingerprint density at radius 2 is 1.83 bits per heavy atom. The zero-order valence-corrected chi connectivity index (χ0v) is 13.3. The number of hydrogen-bond donors (Lipinski definition) is 2. The molecule has 0 bridgehead atoms. The lowest BCUT2D eigenvalue weighted by Gasteiger charge is -2.06. The van der Waals surface area contributed by atoms with E-state index in [1.165, 1.54) is 6.20 Å². The summed E-state index contributed by atoms with van der Waals surface area (Å²) in [5.74, 6) is -0.505. The van der Waals surface area contributed by atoms with Gasteiger partial charge in [-0.2, -0.15) is 10.5 Å². The minimum atomic E-state index is -0.505. The summed E-state index contributed by atoms with van der Waals surface area (Å²) >= 11 is 5.80. The van der Waals surface area contributed by atoms with Crippen LogP contribution in [0.3, 0.4) is 0 Å². The Balaban J connectivity index is 2.02. The Morgan fingerprint density at radius 3 is 2.50 bits per heavy atom. The minimum absolute atomic E-state index is 0.0864. The van der Waals surface area contributed by atoms with Crippen molar-refractivity contribution in [2.24, 2.45) is 0 Å². The molecule has 0 saturated carbocycles. The first-order chi connectivity index (χ1) is 11.6. The maximum atomic E-state index is 12.1. The van der Waals surface area contributed by atoms with Gasteiger partial charge in [0.05, 0.1) is 11.3 Å². The van der Waals surface area contributed by atoms with Crippen molar-refractivity contribution in [3.05, 3.63) is 76.5 Å². The highest BCUT2D eigenvalue weighted by Crippen LogP contribution is 2.14. The molecule has 0 fully saturated rings.